The Kier molecular flexibility index (Phi) is 3.99. The lowest BCUT2D eigenvalue weighted by Gasteiger charge is -2.26. The molecule has 0 unspecified atom stereocenters. The predicted molar refractivity (Wildman–Crippen MR) is 76.8 cm³/mol. The third-order valence-electron chi connectivity index (χ3n) is 4.78. The highest BCUT2D eigenvalue weighted by Crippen LogP contribution is 2.30. The zero-order valence-corrected chi connectivity index (χ0v) is 11.4. The highest BCUT2D eigenvalue weighted by molar-refractivity contribution is 5.20. The lowest BCUT2D eigenvalue weighted by Crippen LogP contribution is -2.28. The van der Waals surface area contributed by atoms with Gasteiger partial charge >= 0.3 is 0 Å². The number of benzene rings is 1. The summed E-state index contributed by atoms with van der Waals surface area (Å²) in [6.45, 7) is 3.97. The van der Waals surface area contributed by atoms with Gasteiger partial charge in [0.25, 0.3) is 0 Å². The molecule has 2 fully saturated rings. The van der Waals surface area contributed by atoms with Gasteiger partial charge in [-0.1, -0.05) is 49.6 Å². The van der Waals surface area contributed by atoms with Gasteiger partial charge in [0.2, 0.25) is 0 Å². The molecule has 3 rings (SSSR count). The summed E-state index contributed by atoms with van der Waals surface area (Å²) >= 11 is 0. The number of rotatable bonds is 3. The van der Waals surface area contributed by atoms with Crippen molar-refractivity contribution in [3.8, 4) is 0 Å². The van der Waals surface area contributed by atoms with Crippen molar-refractivity contribution in [3.63, 3.8) is 0 Å². The van der Waals surface area contributed by atoms with Crippen LogP contribution in [0, 0.1) is 5.92 Å². The van der Waals surface area contributed by atoms with Gasteiger partial charge in [-0.05, 0) is 43.2 Å². The van der Waals surface area contributed by atoms with Gasteiger partial charge in [0.05, 0.1) is 0 Å². The van der Waals surface area contributed by atoms with E-state index in [0.29, 0.717) is 0 Å². The van der Waals surface area contributed by atoms with Gasteiger partial charge in [0.1, 0.15) is 0 Å². The van der Waals surface area contributed by atoms with Crippen molar-refractivity contribution in [1.29, 1.82) is 0 Å². The number of nitrogens with zero attached hydrogens (tertiary/aromatic N) is 1. The topological polar surface area (TPSA) is 3.24 Å². The van der Waals surface area contributed by atoms with E-state index in [4.69, 9.17) is 0 Å². The van der Waals surface area contributed by atoms with E-state index in [9.17, 15) is 0 Å². The first-order valence-electron chi connectivity index (χ1n) is 7.69. The van der Waals surface area contributed by atoms with Crippen LogP contribution < -0.4 is 0 Å². The summed E-state index contributed by atoms with van der Waals surface area (Å²) < 4.78 is 0. The minimum absolute atomic E-state index is 0.787. The Hall–Kier alpha value is -0.820. The SMILES string of the molecule is c1ccc([C@H]2CCN(CC3CCCCC3)C2)cc1. The van der Waals surface area contributed by atoms with Crippen molar-refractivity contribution in [2.45, 2.75) is 44.4 Å². The molecule has 0 radical (unpaired) electrons. The molecule has 1 nitrogen and oxygen atoms in total. The first-order valence-corrected chi connectivity index (χ1v) is 7.69. The lowest BCUT2D eigenvalue weighted by atomic mass is 9.89. The van der Waals surface area contributed by atoms with Gasteiger partial charge < -0.3 is 4.90 Å². The summed E-state index contributed by atoms with van der Waals surface area (Å²) in [5.41, 5.74) is 1.55. The highest BCUT2D eigenvalue weighted by atomic mass is 15.1. The van der Waals surface area contributed by atoms with Crippen molar-refractivity contribution in [2.24, 2.45) is 5.92 Å². The summed E-state index contributed by atoms with van der Waals surface area (Å²) in [5.74, 6) is 1.78. The number of hydrogen-bond donors (Lipinski definition) is 0. The Balaban J connectivity index is 1.52. The van der Waals surface area contributed by atoms with E-state index in [-0.39, 0.29) is 0 Å². The first-order chi connectivity index (χ1) is 8.92. The monoisotopic (exact) mass is 243 g/mol. The van der Waals surface area contributed by atoms with Gasteiger partial charge in [-0.3, -0.25) is 0 Å². The zero-order chi connectivity index (χ0) is 12.2. The van der Waals surface area contributed by atoms with Crippen molar-refractivity contribution in [3.05, 3.63) is 35.9 Å². The van der Waals surface area contributed by atoms with E-state index in [1.54, 1.807) is 5.56 Å². The van der Waals surface area contributed by atoms with E-state index in [2.05, 4.69) is 35.2 Å². The molecule has 0 aromatic heterocycles. The maximum Gasteiger partial charge on any atom is 0.00509 e. The van der Waals surface area contributed by atoms with Crippen molar-refractivity contribution < 1.29 is 0 Å². The Morgan fingerprint density at radius 2 is 1.72 bits per heavy atom. The van der Waals surface area contributed by atoms with Crippen LogP contribution in [0.3, 0.4) is 0 Å². The maximum absolute atomic E-state index is 2.72. The van der Waals surface area contributed by atoms with Crippen molar-refractivity contribution in [1.82, 2.24) is 4.90 Å². The molecule has 1 aromatic rings. The third-order valence-corrected chi connectivity index (χ3v) is 4.78. The molecule has 98 valence electrons. The summed E-state index contributed by atoms with van der Waals surface area (Å²) in [7, 11) is 0. The van der Waals surface area contributed by atoms with E-state index in [0.717, 1.165) is 11.8 Å². The van der Waals surface area contributed by atoms with Crippen LogP contribution in [-0.2, 0) is 0 Å². The standard InChI is InChI=1S/C17H25N/c1-3-7-15(8-4-1)13-18-12-11-17(14-18)16-9-5-2-6-10-16/h2,5-6,9-10,15,17H,1,3-4,7-8,11-14H2/t17-/m0/s1. The lowest BCUT2D eigenvalue weighted by molar-refractivity contribution is 0.232. The van der Waals surface area contributed by atoms with Gasteiger partial charge in [0, 0.05) is 13.1 Å². The van der Waals surface area contributed by atoms with Gasteiger partial charge in [0.15, 0.2) is 0 Å². The molecule has 0 bridgehead atoms. The zero-order valence-electron chi connectivity index (χ0n) is 11.4. The summed E-state index contributed by atoms with van der Waals surface area (Å²) in [6, 6.07) is 11.1. The molecular weight excluding hydrogens is 218 g/mol. The quantitative estimate of drug-likeness (QED) is 0.774. The first kappa shape index (κ1) is 12.2. The molecule has 1 heteroatoms. The molecule has 1 aliphatic heterocycles. The summed E-state index contributed by atoms with van der Waals surface area (Å²) in [5, 5.41) is 0. The molecular formula is C17H25N. The average molecular weight is 243 g/mol. The van der Waals surface area contributed by atoms with E-state index >= 15 is 0 Å². The van der Waals surface area contributed by atoms with Crippen LogP contribution in [0.2, 0.25) is 0 Å². The Bertz CT molecular complexity index is 353. The molecule has 1 saturated heterocycles. The van der Waals surface area contributed by atoms with Crippen LogP contribution in [0.1, 0.15) is 50.0 Å². The van der Waals surface area contributed by atoms with E-state index in [1.165, 1.54) is 58.2 Å². The van der Waals surface area contributed by atoms with Crippen LogP contribution in [-0.4, -0.2) is 24.5 Å². The maximum atomic E-state index is 2.72. The minimum Gasteiger partial charge on any atom is -0.302 e. The summed E-state index contributed by atoms with van der Waals surface area (Å²) in [6.07, 6.45) is 8.74. The highest BCUT2D eigenvalue weighted by Gasteiger charge is 2.26. The van der Waals surface area contributed by atoms with Crippen LogP contribution in [0.15, 0.2) is 30.3 Å². The molecule has 1 aromatic carbocycles. The fourth-order valence-electron chi connectivity index (χ4n) is 3.73. The summed E-state index contributed by atoms with van der Waals surface area (Å²) in [4.78, 5) is 2.72. The second-order valence-corrected chi connectivity index (χ2v) is 6.16. The number of likely N-dealkylation sites (tertiary alicyclic amines) is 1. The second kappa shape index (κ2) is 5.88. The van der Waals surface area contributed by atoms with E-state index in [1.807, 2.05) is 0 Å². The molecule has 1 atom stereocenters. The van der Waals surface area contributed by atoms with Crippen molar-refractivity contribution >= 4 is 0 Å². The normalized spacial score (nSPS) is 26.6. The van der Waals surface area contributed by atoms with Gasteiger partial charge in [-0.2, -0.15) is 0 Å². The number of hydrogen-bond acceptors (Lipinski definition) is 1. The Labute approximate surface area is 111 Å². The molecule has 1 saturated carbocycles. The molecule has 0 amide bonds. The Morgan fingerprint density at radius 1 is 0.944 bits per heavy atom. The average Bonchev–Trinajstić information content (AvgIpc) is 2.89. The molecule has 18 heavy (non-hydrogen) atoms. The molecule has 0 spiro atoms. The van der Waals surface area contributed by atoms with Crippen LogP contribution in [0.25, 0.3) is 0 Å². The smallest absolute Gasteiger partial charge is 0.00509 e. The Morgan fingerprint density at radius 3 is 2.50 bits per heavy atom. The van der Waals surface area contributed by atoms with Gasteiger partial charge in [-0.15, -0.1) is 0 Å². The second-order valence-electron chi connectivity index (χ2n) is 6.16. The molecule has 0 N–H and O–H groups in total. The largest absolute Gasteiger partial charge is 0.302 e. The van der Waals surface area contributed by atoms with Crippen LogP contribution >= 0.6 is 0 Å². The van der Waals surface area contributed by atoms with E-state index < -0.39 is 0 Å². The van der Waals surface area contributed by atoms with Crippen LogP contribution in [0.5, 0.6) is 0 Å². The predicted octanol–water partition coefficient (Wildman–Crippen LogP) is 4.06. The van der Waals surface area contributed by atoms with Gasteiger partial charge in [-0.25, -0.2) is 0 Å². The minimum atomic E-state index is 0.787. The van der Waals surface area contributed by atoms with Crippen molar-refractivity contribution in [2.75, 3.05) is 19.6 Å². The molecule has 2 aliphatic rings. The fraction of sp³-hybridized carbons (Fsp3) is 0.647. The van der Waals surface area contributed by atoms with Crippen LogP contribution in [0.4, 0.5) is 0 Å². The molecule has 1 aliphatic carbocycles. The third kappa shape index (κ3) is 2.95. The molecule has 1 heterocycles. The fourth-order valence-corrected chi connectivity index (χ4v) is 3.73.